The predicted molar refractivity (Wildman–Crippen MR) is 44.7 cm³/mol. The van der Waals surface area contributed by atoms with E-state index in [-0.39, 0.29) is 5.76 Å². The third-order valence-electron chi connectivity index (χ3n) is 1.70. The maximum Gasteiger partial charge on any atom is 0.156 e. The Morgan fingerprint density at radius 2 is 2.42 bits per heavy atom. The Hall–Kier alpha value is -1.25. The second-order valence-electron chi connectivity index (χ2n) is 2.58. The van der Waals surface area contributed by atoms with Crippen LogP contribution in [-0.4, -0.2) is 18.0 Å². The van der Waals surface area contributed by atoms with E-state index >= 15 is 0 Å². The van der Waals surface area contributed by atoms with Gasteiger partial charge < -0.3 is 9.84 Å². The van der Waals surface area contributed by atoms with Crippen molar-refractivity contribution >= 4 is 6.29 Å². The van der Waals surface area contributed by atoms with Crippen LogP contribution in [0.5, 0.6) is 0 Å². The summed E-state index contributed by atoms with van der Waals surface area (Å²) in [6.45, 7) is 2.34. The van der Waals surface area contributed by atoms with Gasteiger partial charge in [-0.2, -0.15) is 0 Å². The second-order valence-corrected chi connectivity index (χ2v) is 2.58. The molecule has 1 aliphatic carbocycles. The highest BCUT2D eigenvalue weighted by Crippen LogP contribution is 2.21. The van der Waals surface area contributed by atoms with Crippen molar-refractivity contribution in [1.82, 2.24) is 0 Å². The molecule has 1 rings (SSSR count). The van der Waals surface area contributed by atoms with E-state index in [0.717, 1.165) is 6.29 Å². The molecule has 0 saturated carbocycles. The Morgan fingerprint density at radius 1 is 1.67 bits per heavy atom. The lowest BCUT2D eigenvalue weighted by molar-refractivity contribution is -0.105. The summed E-state index contributed by atoms with van der Waals surface area (Å²) in [6, 6.07) is 0. The van der Waals surface area contributed by atoms with Gasteiger partial charge in [0, 0.05) is 6.42 Å². The van der Waals surface area contributed by atoms with Gasteiger partial charge in [-0.1, -0.05) is 0 Å². The van der Waals surface area contributed by atoms with Gasteiger partial charge in [0.15, 0.2) is 5.76 Å². The summed E-state index contributed by atoms with van der Waals surface area (Å²) in [5.41, 5.74) is 0.677. The number of rotatable bonds is 3. The molecular weight excluding hydrogens is 156 g/mol. The van der Waals surface area contributed by atoms with E-state index in [1.807, 2.05) is 6.92 Å². The van der Waals surface area contributed by atoms with Crippen LogP contribution in [0.1, 0.15) is 19.8 Å². The monoisotopic (exact) mass is 168 g/mol. The SMILES string of the molecule is CCOC1=C(O)CCC(C=O)=C1. The first-order chi connectivity index (χ1) is 5.77. The van der Waals surface area contributed by atoms with Gasteiger partial charge in [0.05, 0.1) is 6.61 Å². The average molecular weight is 168 g/mol. The van der Waals surface area contributed by atoms with Crippen LogP contribution >= 0.6 is 0 Å². The lowest BCUT2D eigenvalue weighted by Gasteiger charge is -2.13. The van der Waals surface area contributed by atoms with E-state index in [4.69, 9.17) is 4.74 Å². The number of aliphatic hydroxyl groups excluding tert-OH is 1. The molecule has 0 aromatic carbocycles. The molecule has 0 aliphatic heterocycles. The van der Waals surface area contributed by atoms with E-state index in [2.05, 4.69) is 0 Å². The first-order valence-corrected chi connectivity index (χ1v) is 3.98. The molecule has 1 aliphatic rings. The number of aldehydes is 1. The summed E-state index contributed by atoms with van der Waals surface area (Å²) in [4.78, 5) is 10.4. The normalized spacial score (nSPS) is 17.2. The lowest BCUT2D eigenvalue weighted by Crippen LogP contribution is -2.03. The molecule has 0 radical (unpaired) electrons. The molecule has 3 heteroatoms. The summed E-state index contributed by atoms with van der Waals surface area (Å²) >= 11 is 0. The van der Waals surface area contributed by atoms with Gasteiger partial charge in [-0.25, -0.2) is 0 Å². The van der Waals surface area contributed by atoms with Crippen LogP contribution in [-0.2, 0) is 9.53 Å². The molecule has 0 bridgehead atoms. The van der Waals surface area contributed by atoms with Gasteiger partial charge in [0.2, 0.25) is 0 Å². The van der Waals surface area contributed by atoms with Gasteiger partial charge >= 0.3 is 0 Å². The standard InChI is InChI=1S/C9H12O3/c1-2-12-9-5-7(6-10)3-4-8(9)11/h5-6,11H,2-4H2,1H3. The molecule has 0 aromatic heterocycles. The van der Waals surface area contributed by atoms with Crippen LogP contribution in [0, 0.1) is 0 Å². The van der Waals surface area contributed by atoms with Crippen LogP contribution in [0.3, 0.4) is 0 Å². The van der Waals surface area contributed by atoms with Crippen molar-refractivity contribution in [2.45, 2.75) is 19.8 Å². The Balaban J connectivity index is 2.78. The first kappa shape index (κ1) is 8.84. The summed E-state index contributed by atoms with van der Waals surface area (Å²) in [7, 11) is 0. The Kier molecular flexibility index (Phi) is 2.91. The van der Waals surface area contributed by atoms with Crippen molar-refractivity contribution in [2.24, 2.45) is 0 Å². The third kappa shape index (κ3) is 1.87. The fraction of sp³-hybridized carbons (Fsp3) is 0.444. The van der Waals surface area contributed by atoms with E-state index in [9.17, 15) is 9.90 Å². The van der Waals surface area contributed by atoms with E-state index < -0.39 is 0 Å². The van der Waals surface area contributed by atoms with Gasteiger partial charge in [-0.15, -0.1) is 0 Å². The fourth-order valence-electron chi connectivity index (χ4n) is 1.08. The largest absolute Gasteiger partial charge is 0.508 e. The van der Waals surface area contributed by atoms with Crippen molar-refractivity contribution in [3.05, 3.63) is 23.2 Å². The van der Waals surface area contributed by atoms with E-state index in [1.54, 1.807) is 6.08 Å². The van der Waals surface area contributed by atoms with Gasteiger partial charge in [-0.3, -0.25) is 4.79 Å². The van der Waals surface area contributed by atoms with Crippen molar-refractivity contribution < 1.29 is 14.6 Å². The van der Waals surface area contributed by atoms with Crippen molar-refractivity contribution in [3.8, 4) is 0 Å². The van der Waals surface area contributed by atoms with Crippen LogP contribution in [0.25, 0.3) is 0 Å². The van der Waals surface area contributed by atoms with Crippen molar-refractivity contribution in [1.29, 1.82) is 0 Å². The van der Waals surface area contributed by atoms with Crippen LogP contribution in [0.4, 0.5) is 0 Å². The molecule has 0 fully saturated rings. The number of carbonyl (C=O) groups is 1. The fourth-order valence-corrected chi connectivity index (χ4v) is 1.08. The minimum atomic E-state index is 0.238. The highest BCUT2D eigenvalue weighted by atomic mass is 16.5. The molecule has 0 atom stereocenters. The van der Waals surface area contributed by atoms with Crippen LogP contribution in [0.15, 0.2) is 23.2 Å². The summed E-state index contributed by atoms with van der Waals surface area (Å²) < 4.78 is 5.12. The molecule has 0 amide bonds. The maximum absolute atomic E-state index is 10.4. The summed E-state index contributed by atoms with van der Waals surface area (Å²) in [5.74, 6) is 0.674. The van der Waals surface area contributed by atoms with Gasteiger partial charge in [-0.05, 0) is 25.0 Å². The second kappa shape index (κ2) is 3.95. The van der Waals surface area contributed by atoms with E-state index in [1.165, 1.54) is 0 Å². The molecule has 66 valence electrons. The van der Waals surface area contributed by atoms with Gasteiger partial charge in [0.1, 0.15) is 12.0 Å². The van der Waals surface area contributed by atoms with Gasteiger partial charge in [0.25, 0.3) is 0 Å². The Labute approximate surface area is 71.3 Å². The topological polar surface area (TPSA) is 46.5 Å². The molecule has 0 heterocycles. The summed E-state index contributed by atoms with van der Waals surface area (Å²) in [5, 5.41) is 9.31. The lowest BCUT2D eigenvalue weighted by atomic mass is 10.0. The number of ether oxygens (including phenoxy) is 1. The quantitative estimate of drug-likeness (QED) is 0.652. The Bertz CT molecular complexity index is 238. The molecular formula is C9H12O3. The number of allylic oxidation sites excluding steroid dienone is 3. The van der Waals surface area contributed by atoms with Crippen molar-refractivity contribution in [3.63, 3.8) is 0 Å². The zero-order valence-electron chi connectivity index (χ0n) is 7.04. The molecule has 1 N–H and O–H groups in total. The number of carbonyl (C=O) groups excluding carboxylic acids is 1. The minimum Gasteiger partial charge on any atom is -0.508 e. The molecule has 0 aromatic rings. The zero-order chi connectivity index (χ0) is 8.97. The maximum atomic E-state index is 10.4. The van der Waals surface area contributed by atoms with Crippen molar-refractivity contribution in [2.75, 3.05) is 6.61 Å². The summed E-state index contributed by atoms with van der Waals surface area (Å²) in [6.07, 6.45) is 3.49. The highest BCUT2D eigenvalue weighted by Gasteiger charge is 2.12. The average Bonchev–Trinajstić information content (AvgIpc) is 2.09. The van der Waals surface area contributed by atoms with Crippen LogP contribution < -0.4 is 0 Å². The zero-order valence-corrected chi connectivity index (χ0v) is 7.04. The number of hydrogen-bond donors (Lipinski definition) is 1. The predicted octanol–water partition coefficient (Wildman–Crippen LogP) is 1.71. The highest BCUT2D eigenvalue weighted by molar-refractivity contribution is 5.74. The first-order valence-electron chi connectivity index (χ1n) is 3.98. The third-order valence-corrected chi connectivity index (χ3v) is 1.70. The molecule has 0 unspecified atom stereocenters. The molecule has 0 saturated heterocycles. The minimum absolute atomic E-state index is 0.238. The molecule has 0 spiro atoms. The Morgan fingerprint density at radius 3 is 3.00 bits per heavy atom. The van der Waals surface area contributed by atoms with Crippen LogP contribution in [0.2, 0.25) is 0 Å². The molecule has 12 heavy (non-hydrogen) atoms. The smallest absolute Gasteiger partial charge is 0.156 e. The molecule has 3 nitrogen and oxygen atoms in total. The number of hydrogen-bond acceptors (Lipinski definition) is 3. The number of aliphatic hydroxyl groups is 1. The van der Waals surface area contributed by atoms with E-state index in [0.29, 0.717) is 30.8 Å².